The van der Waals surface area contributed by atoms with Gasteiger partial charge in [-0.3, -0.25) is 0 Å². The van der Waals surface area contributed by atoms with Gasteiger partial charge in [-0.15, -0.1) is 0 Å². The molecule has 0 unspecified atom stereocenters. The predicted molar refractivity (Wildman–Crippen MR) is 325 cm³/mol. The largest absolute Gasteiger partial charge is 0.311 e. The first-order valence-electron chi connectivity index (χ1n) is 25.6. The summed E-state index contributed by atoms with van der Waals surface area (Å²) in [5.74, 6) is 0. The molecular formula is C72H60N4Pd. The summed E-state index contributed by atoms with van der Waals surface area (Å²) in [6.07, 6.45) is 0. The third-order valence-electron chi connectivity index (χ3n) is 12.2. The number of nitrogens with zero attached hydrogens (tertiary/aromatic N) is 4. The van der Waals surface area contributed by atoms with Crippen LogP contribution in [0.2, 0.25) is 0 Å². The fourth-order valence-electron chi connectivity index (χ4n) is 8.71. The van der Waals surface area contributed by atoms with Crippen molar-refractivity contribution >= 4 is 68.2 Å². The van der Waals surface area contributed by atoms with Crippen LogP contribution in [0.1, 0.15) is 0 Å². The molecule has 4 nitrogen and oxygen atoms in total. The van der Waals surface area contributed by atoms with Crippen LogP contribution in [0.3, 0.4) is 0 Å². The van der Waals surface area contributed by atoms with E-state index in [0.29, 0.717) is 0 Å². The topological polar surface area (TPSA) is 13.0 Å². The summed E-state index contributed by atoms with van der Waals surface area (Å²) >= 11 is 0. The van der Waals surface area contributed by atoms with Crippen LogP contribution in [-0.2, 0) is 20.4 Å². The minimum atomic E-state index is 0. The predicted octanol–water partition coefficient (Wildman–Crippen LogP) is 20.6. The van der Waals surface area contributed by atoms with Crippen LogP contribution < -0.4 is 19.6 Å². The molecule has 12 aromatic rings. The molecule has 0 fully saturated rings. The first-order valence-corrected chi connectivity index (χ1v) is 25.6. The molecule has 0 amide bonds. The van der Waals surface area contributed by atoms with E-state index in [4.69, 9.17) is 0 Å². The molecule has 12 rings (SSSR count). The van der Waals surface area contributed by atoms with Gasteiger partial charge in [0.1, 0.15) is 0 Å². The summed E-state index contributed by atoms with van der Waals surface area (Å²) in [6, 6.07) is 125. The summed E-state index contributed by atoms with van der Waals surface area (Å²) < 4.78 is 0. The Morgan fingerprint density at radius 1 is 0.104 bits per heavy atom. The second kappa shape index (κ2) is 29.4. The Morgan fingerprint density at radius 2 is 0.169 bits per heavy atom. The monoisotopic (exact) mass is 1090 g/mol. The zero-order valence-electron chi connectivity index (χ0n) is 42.7. The van der Waals surface area contributed by atoms with Crippen LogP contribution in [0.25, 0.3) is 0 Å². The molecule has 12 aromatic carbocycles. The van der Waals surface area contributed by atoms with Crippen molar-refractivity contribution < 1.29 is 20.4 Å². The van der Waals surface area contributed by atoms with E-state index in [0.717, 1.165) is 0 Å². The minimum Gasteiger partial charge on any atom is -0.311 e. The van der Waals surface area contributed by atoms with Gasteiger partial charge in [-0.25, -0.2) is 0 Å². The third-order valence-corrected chi connectivity index (χ3v) is 12.2. The molecule has 0 aliphatic heterocycles. The van der Waals surface area contributed by atoms with Crippen molar-refractivity contribution in [2.75, 3.05) is 19.6 Å². The van der Waals surface area contributed by atoms with Crippen molar-refractivity contribution in [3.63, 3.8) is 0 Å². The van der Waals surface area contributed by atoms with Crippen LogP contribution in [0.5, 0.6) is 0 Å². The minimum absolute atomic E-state index is 0. The van der Waals surface area contributed by atoms with E-state index in [-0.39, 0.29) is 20.4 Å². The molecule has 0 aromatic heterocycles. The van der Waals surface area contributed by atoms with E-state index in [1.54, 1.807) is 0 Å². The number of benzene rings is 12. The molecule has 0 aliphatic carbocycles. The maximum atomic E-state index is 2.25. The van der Waals surface area contributed by atoms with Crippen LogP contribution in [0, 0.1) is 0 Å². The van der Waals surface area contributed by atoms with Crippen molar-refractivity contribution in [3.8, 4) is 0 Å². The van der Waals surface area contributed by atoms with E-state index in [1.807, 2.05) is 72.8 Å². The average Bonchev–Trinajstić information content (AvgIpc) is 3.51. The molecule has 0 spiro atoms. The van der Waals surface area contributed by atoms with Gasteiger partial charge in [0, 0.05) is 88.7 Å². The van der Waals surface area contributed by atoms with Gasteiger partial charge in [0.15, 0.2) is 0 Å². The standard InChI is InChI=1S/4C18H15N.Pd/c4*1-4-10-16(11-5-1)19(17-12-6-2-7-13-17)18-14-8-3-9-15-18;/h4*1-15H;. The van der Waals surface area contributed by atoms with Gasteiger partial charge in [0.2, 0.25) is 0 Å². The Balaban J connectivity index is 0.000000135. The van der Waals surface area contributed by atoms with E-state index in [9.17, 15) is 0 Å². The number of hydrogen-bond acceptors (Lipinski definition) is 4. The smallest absolute Gasteiger partial charge is 0.0461 e. The van der Waals surface area contributed by atoms with Gasteiger partial charge in [0.25, 0.3) is 0 Å². The van der Waals surface area contributed by atoms with Gasteiger partial charge < -0.3 is 19.6 Å². The van der Waals surface area contributed by atoms with Crippen molar-refractivity contribution in [3.05, 3.63) is 364 Å². The third kappa shape index (κ3) is 15.3. The van der Waals surface area contributed by atoms with Crippen LogP contribution in [0.4, 0.5) is 68.2 Å². The molecule has 0 heterocycles. The normalized spacial score (nSPS) is 9.97. The first-order chi connectivity index (χ1) is 37.8. The zero-order valence-corrected chi connectivity index (χ0v) is 44.3. The second-order valence-corrected chi connectivity index (χ2v) is 17.4. The average molecular weight is 1090 g/mol. The van der Waals surface area contributed by atoms with Gasteiger partial charge in [-0.2, -0.15) is 0 Å². The molecule has 378 valence electrons. The Labute approximate surface area is 469 Å². The van der Waals surface area contributed by atoms with Crippen LogP contribution >= 0.6 is 0 Å². The Morgan fingerprint density at radius 3 is 0.234 bits per heavy atom. The van der Waals surface area contributed by atoms with E-state index in [2.05, 4.69) is 311 Å². The molecule has 0 N–H and O–H groups in total. The zero-order chi connectivity index (χ0) is 51.7. The Kier molecular flexibility index (Phi) is 20.5. The molecule has 0 saturated heterocycles. The summed E-state index contributed by atoms with van der Waals surface area (Å²) in [5.41, 5.74) is 14.0. The van der Waals surface area contributed by atoms with Gasteiger partial charge in [-0.1, -0.05) is 218 Å². The quantitative estimate of drug-likeness (QED) is 0.113. The van der Waals surface area contributed by atoms with Crippen molar-refractivity contribution in [2.45, 2.75) is 0 Å². The van der Waals surface area contributed by atoms with Gasteiger partial charge in [-0.05, 0) is 146 Å². The number of para-hydroxylation sites is 12. The Bertz CT molecular complexity index is 2580. The summed E-state index contributed by atoms with van der Waals surface area (Å²) in [7, 11) is 0. The van der Waals surface area contributed by atoms with Gasteiger partial charge in [0.05, 0.1) is 0 Å². The van der Waals surface area contributed by atoms with Crippen LogP contribution in [-0.4, -0.2) is 0 Å². The maximum absolute atomic E-state index is 2.25. The Hall–Kier alpha value is -9.50. The van der Waals surface area contributed by atoms with Crippen molar-refractivity contribution in [1.82, 2.24) is 0 Å². The summed E-state index contributed by atoms with van der Waals surface area (Å²) in [6.45, 7) is 0. The molecule has 77 heavy (non-hydrogen) atoms. The first kappa shape index (κ1) is 53.8. The molecule has 0 bridgehead atoms. The SMILES string of the molecule is [Pd].c1ccc(N(c2ccccc2)c2ccccc2)cc1.c1ccc(N(c2ccccc2)c2ccccc2)cc1.c1ccc(N(c2ccccc2)c2ccccc2)cc1.c1ccc(N(c2ccccc2)c2ccccc2)cc1. The summed E-state index contributed by atoms with van der Waals surface area (Å²) in [4.78, 5) is 9.00. The number of hydrogen-bond donors (Lipinski definition) is 0. The molecule has 0 aliphatic rings. The van der Waals surface area contributed by atoms with Crippen LogP contribution in [0.15, 0.2) is 364 Å². The number of anilines is 12. The van der Waals surface area contributed by atoms with Crippen molar-refractivity contribution in [2.24, 2.45) is 0 Å². The van der Waals surface area contributed by atoms with Gasteiger partial charge >= 0.3 is 0 Å². The molecule has 5 heteroatoms. The molecular weight excluding hydrogens is 1030 g/mol. The fraction of sp³-hybridized carbons (Fsp3) is 0. The van der Waals surface area contributed by atoms with E-state index in [1.165, 1.54) is 68.2 Å². The maximum Gasteiger partial charge on any atom is 0.0461 e. The summed E-state index contributed by atoms with van der Waals surface area (Å²) in [5, 5.41) is 0. The second-order valence-electron chi connectivity index (χ2n) is 17.4. The van der Waals surface area contributed by atoms with E-state index >= 15 is 0 Å². The molecule has 0 saturated carbocycles. The van der Waals surface area contributed by atoms with Crippen molar-refractivity contribution in [1.29, 1.82) is 0 Å². The molecule has 0 radical (unpaired) electrons. The number of rotatable bonds is 12. The van der Waals surface area contributed by atoms with E-state index < -0.39 is 0 Å². The fourth-order valence-corrected chi connectivity index (χ4v) is 8.71. The molecule has 0 atom stereocenters.